The molecule has 0 fully saturated rings. The van der Waals surface area contributed by atoms with Crippen molar-refractivity contribution in [2.45, 2.75) is 6.10 Å². The number of hydrogen-bond donors (Lipinski definition) is 1. The van der Waals surface area contributed by atoms with Crippen LogP contribution in [0.15, 0.2) is 22.7 Å². The van der Waals surface area contributed by atoms with Crippen LogP contribution in [0.4, 0.5) is 8.78 Å². The van der Waals surface area contributed by atoms with Crippen molar-refractivity contribution in [2.24, 2.45) is 0 Å². The number of carbonyl (C=O) groups is 1. The van der Waals surface area contributed by atoms with Gasteiger partial charge in [-0.15, -0.1) is 0 Å². The first kappa shape index (κ1) is 11.9. The van der Waals surface area contributed by atoms with Crippen molar-refractivity contribution in [1.82, 2.24) is 0 Å². The summed E-state index contributed by atoms with van der Waals surface area (Å²) >= 11 is 3.02. The topological polar surface area (TPSA) is 46.5 Å². The smallest absolute Gasteiger partial charge is 0.347 e. The number of benzene rings is 1. The number of alkyl halides is 1. The van der Waals surface area contributed by atoms with Crippen molar-refractivity contribution in [2.75, 3.05) is 6.67 Å². The Kier molecular flexibility index (Phi) is 4.02. The molecule has 0 saturated heterocycles. The van der Waals surface area contributed by atoms with E-state index in [0.29, 0.717) is 4.47 Å². The molecular weight excluding hydrogens is 274 g/mol. The fourth-order valence-electron chi connectivity index (χ4n) is 0.872. The molecule has 0 aliphatic carbocycles. The van der Waals surface area contributed by atoms with Gasteiger partial charge in [0, 0.05) is 4.47 Å². The summed E-state index contributed by atoms with van der Waals surface area (Å²) in [5.41, 5.74) is 0. The van der Waals surface area contributed by atoms with Crippen LogP contribution in [0.5, 0.6) is 5.75 Å². The Morgan fingerprint density at radius 1 is 1.60 bits per heavy atom. The predicted molar refractivity (Wildman–Crippen MR) is 52.1 cm³/mol. The summed E-state index contributed by atoms with van der Waals surface area (Å²) in [5, 5.41) is 8.48. The summed E-state index contributed by atoms with van der Waals surface area (Å²) in [7, 11) is 0. The van der Waals surface area contributed by atoms with Gasteiger partial charge in [-0.1, -0.05) is 15.9 Å². The second-order valence-electron chi connectivity index (χ2n) is 2.67. The Balaban J connectivity index is 2.84. The van der Waals surface area contributed by atoms with E-state index in [2.05, 4.69) is 20.7 Å². The third-order valence-electron chi connectivity index (χ3n) is 1.58. The molecule has 1 aromatic carbocycles. The van der Waals surface area contributed by atoms with Crippen LogP contribution in [0.25, 0.3) is 0 Å². The minimum atomic E-state index is -1.68. The van der Waals surface area contributed by atoms with E-state index in [0.717, 1.165) is 6.07 Å². The van der Waals surface area contributed by atoms with Crippen LogP contribution in [0.2, 0.25) is 0 Å². The van der Waals surface area contributed by atoms with Gasteiger partial charge >= 0.3 is 5.97 Å². The highest BCUT2D eigenvalue weighted by Crippen LogP contribution is 2.22. The Morgan fingerprint density at radius 2 is 2.27 bits per heavy atom. The Bertz CT molecular complexity index is 370. The first-order valence-electron chi connectivity index (χ1n) is 3.95. The molecule has 1 aromatic rings. The second kappa shape index (κ2) is 5.06. The van der Waals surface area contributed by atoms with Gasteiger partial charge < -0.3 is 9.84 Å². The molecule has 6 heteroatoms. The number of ether oxygens (including phenoxy) is 1. The van der Waals surface area contributed by atoms with Crippen LogP contribution in [0.3, 0.4) is 0 Å². The van der Waals surface area contributed by atoms with E-state index >= 15 is 0 Å². The number of aliphatic carboxylic acids is 1. The summed E-state index contributed by atoms with van der Waals surface area (Å²) in [6.45, 7) is -1.22. The average Bonchev–Trinajstić information content (AvgIpc) is 2.16. The van der Waals surface area contributed by atoms with Crippen LogP contribution >= 0.6 is 15.9 Å². The summed E-state index contributed by atoms with van der Waals surface area (Å²) < 4.78 is 30.4. The maximum atomic E-state index is 13.1. The monoisotopic (exact) mass is 280 g/mol. The fraction of sp³-hybridized carbons (Fsp3) is 0.222. The Hall–Kier alpha value is -1.17. The van der Waals surface area contributed by atoms with E-state index < -0.39 is 24.6 Å². The minimum Gasteiger partial charge on any atom is -0.478 e. The molecule has 1 N–H and O–H groups in total. The van der Waals surface area contributed by atoms with E-state index in [4.69, 9.17) is 5.11 Å². The Labute approximate surface area is 92.8 Å². The van der Waals surface area contributed by atoms with Crippen LogP contribution in [0, 0.1) is 5.82 Å². The van der Waals surface area contributed by atoms with Crippen molar-refractivity contribution in [1.29, 1.82) is 0 Å². The van der Waals surface area contributed by atoms with Crippen LogP contribution in [-0.4, -0.2) is 23.9 Å². The van der Waals surface area contributed by atoms with Gasteiger partial charge in [0.2, 0.25) is 6.10 Å². The molecule has 1 rings (SSSR count). The van der Waals surface area contributed by atoms with Gasteiger partial charge in [0.15, 0.2) is 11.6 Å². The van der Waals surface area contributed by atoms with Crippen molar-refractivity contribution < 1.29 is 23.4 Å². The van der Waals surface area contributed by atoms with E-state index in [1.807, 2.05) is 0 Å². The summed E-state index contributed by atoms with van der Waals surface area (Å²) in [5.74, 6) is -2.51. The molecule has 3 nitrogen and oxygen atoms in total. The van der Waals surface area contributed by atoms with Crippen molar-refractivity contribution in [3.63, 3.8) is 0 Å². The molecule has 0 saturated carbocycles. The van der Waals surface area contributed by atoms with Gasteiger partial charge in [-0.25, -0.2) is 13.6 Å². The van der Waals surface area contributed by atoms with Crippen LogP contribution < -0.4 is 4.74 Å². The summed E-state index contributed by atoms with van der Waals surface area (Å²) in [4.78, 5) is 10.4. The minimum absolute atomic E-state index is 0.289. The van der Waals surface area contributed by atoms with Crippen molar-refractivity contribution in [3.05, 3.63) is 28.5 Å². The zero-order valence-corrected chi connectivity index (χ0v) is 9.00. The quantitative estimate of drug-likeness (QED) is 0.921. The maximum absolute atomic E-state index is 13.1. The number of carboxylic acids is 1. The first-order valence-corrected chi connectivity index (χ1v) is 4.74. The fourth-order valence-corrected chi connectivity index (χ4v) is 1.21. The van der Waals surface area contributed by atoms with Gasteiger partial charge in [-0.05, 0) is 18.2 Å². The zero-order valence-electron chi connectivity index (χ0n) is 7.41. The number of carboxylic acid groups (broad SMARTS) is 1. The van der Waals surface area contributed by atoms with Gasteiger partial charge in [-0.2, -0.15) is 0 Å². The molecule has 1 atom stereocenters. The van der Waals surface area contributed by atoms with E-state index in [-0.39, 0.29) is 5.75 Å². The average molecular weight is 281 g/mol. The molecule has 15 heavy (non-hydrogen) atoms. The molecule has 0 radical (unpaired) electrons. The first-order chi connectivity index (χ1) is 7.04. The molecule has 0 aliphatic rings. The predicted octanol–water partition coefficient (Wildman–Crippen LogP) is 2.39. The molecule has 0 heterocycles. The standard InChI is InChI=1S/C9H7BrF2O3/c10-5-1-2-7(6(12)3-5)15-8(4-11)9(13)14/h1-3,8H,4H2,(H,13,14). The van der Waals surface area contributed by atoms with Gasteiger partial charge in [0.1, 0.15) is 6.67 Å². The third kappa shape index (κ3) is 3.16. The zero-order chi connectivity index (χ0) is 11.4. The number of hydrogen-bond acceptors (Lipinski definition) is 2. The lowest BCUT2D eigenvalue weighted by molar-refractivity contribution is -0.145. The molecule has 1 unspecified atom stereocenters. The summed E-state index contributed by atoms with van der Waals surface area (Å²) in [6, 6.07) is 3.80. The van der Waals surface area contributed by atoms with Crippen molar-refractivity contribution in [3.8, 4) is 5.75 Å². The van der Waals surface area contributed by atoms with E-state index in [1.165, 1.54) is 12.1 Å². The van der Waals surface area contributed by atoms with E-state index in [9.17, 15) is 13.6 Å². The lowest BCUT2D eigenvalue weighted by Crippen LogP contribution is -2.29. The molecule has 0 bridgehead atoms. The number of halogens is 3. The molecule has 0 spiro atoms. The molecule has 0 aliphatic heterocycles. The number of rotatable bonds is 4. The SMILES string of the molecule is O=C(O)C(CF)Oc1ccc(Br)cc1F. The lowest BCUT2D eigenvalue weighted by Gasteiger charge is -2.12. The lowest BCUT2D eigenvalue weighted by atomic mass is 10.3. The normalized spacial score (nSPS) is 12.2. The van der Waals surface area contributed by atoms with Gasteiger partial charge in [0.05, 0.1) is 0 Å². The van der Waals surface area contributed by atoms with Gasteiger partial charge in [-0.3, -0.25) is 0 Å². The Morgan fingerprint density at radius 3 is 2.73 bits per heavy atom. The van der Waals surface area contributed by atoms with Gasteiger partial charge in [0.25, 0.3) is 0 Å². The van der Waals surface area contributed by atoms with Crippen molar-refractivity contribution >= 4 is 21.9 Å². The molecule has 82 valence electrons. The highest BCUT2D eigenvalue weighted by molar-refractivity contribution is 9.10. The van der Waals surface area contributed by atoms with E-state index in [1.54, 1.807) is 0 Å². The third-order valence-corrected chi connectivity index (χ3v) is 2.07. The molecule has 0 aromatic heterocycles. The summed E-state index contributed by atoms with van der Waals surface area (Å²) in [6.07, 6.45) is -1.68. The molecular formula is C9H7BrF2O3. The second-order valence-corrected chi connectivity index (χ2v) is 3.59. The van der Waals surface area contributed by atoms with Crippen LogP contribution in [-0.2, 0) is 4.79 Å². The largest absolute Gasteiger partial charge is 0.478 e. The van der Waals surface area contributed by atoms with Crippen LogP contribution in [0.1, 0.15) is 0 Å². The highest BCUT2D eigenvalue weighted by Gasteiger charge is 2.20. The maximum Gasteiger partial charge on any atom is 0.347 e. The highest BCUT2D eigenvalue weighted by atomic mass is 79.9. The molecule has 0 amide bonds.